The Bertz CT molecular complexity index is 365. The van der Waals surface area contributed by atoms with Gasteiger partial charge in [-0.25, -0.2) is 0 Å². The zero-order valence-electron chi connectivity index (χ0n) is 13.2. The zero-order valence-corrected chi connectivity index (χ0v) is 13.2. The van der Waals surface area contributed by atoms with Crippen molar-refractivity contribution in [1.29, 1.82) is 0 Å². The van der Waals surface area contributed by atoms with Crippen molar-refractivity contribution in [2.75, 3.05) is 0 Å². The molecule has 0 aromatic rings. The van der Waals surface area contributed by atoms with Crippen LogP contribution in [0.1, 0.15) is 77.6 Å². The van der Waals surface area contributed by atoms with E-state index in [2.05, 4.69) is 6.92 Å². The predicted octanol–water partition coefficient (Wildman–Crippen LogP) is 4.78. The molecule has 0 spiro atoms. The van der Waals surface area contributed by atoms with Crippen LogP contribution in [0.15, 0.2) is 0 Å². The Kier molecular flexibility index (Phi) is 3.41. The van der Waals surface area contributed by atoms with Crippen LogP contribution in [-0.4, -0.2) is 11.2 Å². The van der Waals surface area contributed by atoms with Gasteiger partial charge in [-0.15, -0.1) is 0 Å². The third kappa shape index (κ3) is 1.77. The van der Waals surface area contributed by atoms with Crippen LogP contribution in [0.3, 0.4) is 0 Å². The van der Waals surface area contributed by atoms with Crippen LogP contribution in [0.4, 0.5) is 0 Å². The Labute approximate surface area is 124 Å². The summed E-state index contributed by atoms with van der Waals surface area (Å²) in [5.74, 6) is 5.01. The van der Waals surface area contributed by atoms with E-state index >= 15 is 0 Å². The molecule has 20 heavy (non-hydrogen) atoms. The molecule has 1 nitrogen and oxygen atoms in total. The van der Waals surface area contributed by atoms with E-state index in [1.54, 1.807) is 0 Å². The Hall–Kier alpha value is -0.0400. The third-order valence-corrected chi connectivity index (χ3v) is 8.21. The lowest BCUT2D eigenvalue weighted by molar-refractivity contribution is -0.0916. The van der Waals surface area contributed by atoms with E-state index in [1.165, 1.54) is 64.2 Å². The van der Waals surface area contributed by atoms with Gasteiger partial charge in [0.2, 0.25) is 0 Å². The molecule has 0 bridgehead atoms. The number of hydrogen-bond donors (Lipinski definition) is 1. The summed E-state index contributed by atoms with van der Waals surface area (Å²) in [6.45, 7) is 2.34. The molecule has 4 aliphatic carbocycles. The van der Waals surface area contributed by atoms with Gasteiger partial charge in [-0.05, 0) is 86.4 Å². The average Bonchev–Trinajstić information content (AvgIpc) is 2.85. The van der Waals surface area contributed by atoms with E-state index in [4.69, 9.17) is 0 Å². The Morgan fingerprint density at radius 3 is 2.55 bits per heavy atom. The molecule has 0 radical (unpaired) electrons. The fourth-order valence-electron chi connectivity index (χ4n) is 7.29. The van der Waals surface area contributed by atoms with E-state index in [0.29, 0.717) is 5.41 Å². The fourth-order valence-corrected chi connectivity index (χ4v) is 7.29. The number of aliphatic hydroxyl groups excluding tert-OH is 1. The molecule has 4 fully saturated rings. The van der Waals surface area contributed by atoms with Gasteiger partial charge in [0.1, 0.15) is 0 Å². The lowest BCUT2D eigenvalue weighted by atomic mass is 9.49. The van der Waals surface area contributed by atoms with Crippen LogP contribution in [0.2, 0.25) is 0 Å². The molecule has 0 saturated heterocycles. The van der Waals surface area contributed by atoms with Crippen LogP contribution in [0.5, 0.6) is 0 Å². The van der Waals surface area contributed by atoms with E-state index in [9.17, 15) is 5.11 Å². The molecule has 0 unspecified atom stereocenters. The third-order valence-electron chi connectivity index (χ3n) is 8.21. The van der Waals surface area contributed by atoms with Gasteiger partial charge in [-0.1, -0.05) is 26.2 Å². The van der Waals surface area contributed by atoms with Crippen LogP contribution >= 0.6 is 0 Å². The van der Waals surface area contributed by atoms with Gasteiger partial charge in [0.15, 0.2) is 0 Å². The van der Waals surface area contributed by atoms with Gasteiger partial charge >= 0.3 is 0 Å². The first-order valence-corrected chi connectivity index (χ1v) is 9.44. The summed E-state index contributed by atoms with van der Waals surface area (Å²) in [6.07, 6.45) is 15.5. The topological polar surface area (TPSA) is 20.2 Å². The monoisotopic (exact) mass is 276 g/mol. The first-order chi connectivity index (χ1) is 9.76. The lowest BCUT2D eigenvalue weighted by Gasteiger charge is -2.56. The van der Waals surface area contributed by atoms with Gasteiger partial charge in [0.05, 0.1) is 6.10 Å². The minimum Gasteiger partial charge on any atom is -0.393 e. The van der Waals surface area contributed by atoms with E-state index in [1.807, 2.05) is 0 Å². The molecule has 4 aliphatic rings. The summed E-state index contributed by atoms with van der Waals surface area (Å²) in [5, 5.41) is 10.6. The highest BCUT2D eigenvalue weighted by Gasteiger charge is 2.57. The lowest BCUT2D eigenvalue weighted by Crippen LogP contribution is -2.49. The summed E-state index contributed by atoms with van der Waals surface area (Å²) >= 11 is 0. The molecule has 4 rings (SSSR count). The van der Waals surface area contributed by atoms with Crippen LogP contribution < -0.4 is 0 Å². The first kappa shape index (κ1) is 13.6. The van der Waals surface area contributed by atoms with Crippen molar-refractivity contribution < 1.29 is 5.11 Å². The highest BCUT2D eigenvalue weighted by molar-refractivity contribution is 5.07. The summed E-state index contributed by atoms with van der Waals surface area (Å²) < 4.78 is 0. The highest BCUT2D eigenvalue weighted by atomic mass is 16.3. The molecule has 1 heteroatoms. The minimum absolute atomic E-state index is 0.0162. The number of rotatable bonds is 1. The first-order valence-electron chi connectivity index (χ1n) is 9.44. The maximum absolute atomic E-state index is 10.6. The zero-order chi connectivity index (χ0) is 13.7. The quantitative estimate of drug-likeness (QED) is 0.730. The number of aliphatic hydroxyl groups is 1. The van der Waals surface area contributed by atoms with Gasteiger partial charge < -0.3 is 5.11 Å². The molecule has 0 aromatic carbocycles. The molecule has 0 aromatic heterocycles. The van der Waals surface area contributed by atoms with Gasteiger partial charge in [0, 0.05) is 0 Å². The minimum atomic E-state index is 0.0162. The second-order valence-corrected chi connectivity index (χ2v) is 8.44. The Balaban J connectivity index is 1.60. The molecule has 0 heterocycles. The second-order valence-electron chi connectivity index (χ2n) is 8.44. The second kappa shape index (κ2) is 5.00. The average molecular weight is 276 g/mol. The van der Waals surface area contributed by atoms with Gasteiger partial charge in [-0.2, -0.15) is 0 Å². The summed E-state index contributed by atoms with van der Waals surface area (Å²) in [5.41, 5.74) is 0.322. The Morgan fingerprint density at radius 1 is 0.850 bits per heavy atom. The van der Waals surface area contributed by atoms with Gasteiger partial charge in [-0.3, -0.25) is 0 Å². The number of hydrogen-bond acceptors (Lipinski definition) is 1. The molecule has 114 valence electrons. The van der Waals surface area contributed by atoms with Crippen LogP contribution in [0, 0.1) is 35.0 Å². The van der Waals surface area contributed by atoms with Crippen LogP contribution in [-0.2, 0) is 0 Å². The smallest absolute Gasteiger partial charge is 0.0599 e. The fraction of sp³-hybridized carbons (Fsp3) is 1.00. The molecule has 0 aliphatic heterocycles. The molecular weight excluding hydrogens is 244 g/mol. The van der Waals surface area contributed by atoms with Gasteiger partial charge in [0.25, 0.3) is 0 Å². The largest absolute Gasteiger partial charge is 0.393 e. The summed E-state index contributed by atoms with van der Waals surface area (Å²) in [7, 11) is 0. The normalized spacial score (nSPS) is 54.9. The van der Waals surface area contributed by atoms with Crippen molar-refractivity contribution in [2.24, 2.45) is 35.0 Å². The standard InChI is InChI=1S/C19H32O/c1-2-19-12-11-15-14-6-4-3-5-13(14)7-8-16(15)17(19)9-10-18(19)20/h13-18,20H,2-12H2,1H3/t13-,14+,15-,16-,17+,18+,19+/m1/s1. The van der Waals surface area contributed by atoms with E-state index in [-0.39, 0.29) is 6.10 Å². The molecule has 7 atom stereocenters. The van der Waals surface area contributed by atoms with Crippen molar-refractivity contribution >= 4 is 0 Å². The maximum Gasteiger partial charge on any atom is 0.0599 e. The molecule has 0 amide bonds. The highest BCUT2D eigenvalue weighted by Crippen LogP contribution is 2.63. The van der Waals surface area contributed by atoms with Crippen LogP contribution in [0.25, 0.3) is 0 Å². The van der Waals surface area contributed by atoms with Crippen molar-refractivity contribution in [3.05, 3.63) is 0 Å². The van der Waals surface area contributed by atoms with Crippen molar-refractivity contribution in [3.8, 4) is 0 Å². The van der Waals surface area contributed by atoms with E-state index < -0.39 is 0 Å². The Morgan fingerprint density at radius 2 is 1.70 bits per heavy atom. The van der Waals surface area contributed by atoms with Crippen molar-refractivity contribution in [1.82, 2.24) is 0 Å². The molecular formula is C19H32O. The van der Waals surface area contributed by atoms with Crippen molar-refractivity contribution in [2.45, 2.75) is 83.7 Å². The summed E-state index contributed by atoms with van der Waals surface area (Å²) in [6, 6.07) is 0. The van der Waals surface area contributed by atoms with Crippen molar-refractivity contribution in [3.63, 3.8) is 0 Å². The number of fused-ring (bicyclic) bond motifs is 5. The molecule has 4 saturated carbocycles. The summed E-state index contributed by atoms with van der Waals surface area (Å²) in [4.78, 5) is 0. The SMILES string of the molecule is CC[C@]12CC[C@H]3[C@@H](CC[C@H]4CCCC[C@@H]43)[C@@H]1CC[C@@H]2O. The maximum atomic E-state index is 10.6. The predicted molar refractivity (Wildman–Crippen MR) is 82.4 cm³/mol. The molecule has 1 N–H and O–H groups in total. The van der Waals surface area contributed by atoms with E-state index in [0.717, 1.165) is 36.0 Å².